The van der Waals surface area contributed by atoms with Crippen molar-refractivity contribution in [3.8, 4) is 0 Å². The second-order valence-corrected chi connectivity index (χ2v) is 6.21. The fraction of sp³-hybridized carbons (Fsp3) is 0.333. The van der Waals surface area contributed by atoms with E-state index in [0.29, 0.717) is 0 Å². The molecule has 2 aromatic rings. The molecule has 1 amide bonds. The molecule has 2 heterocycles. The number of aromatic nitrogens is 1. The van der Waals surface area contributed by atoms with Crippen LogP contribution < -0.4 is 4.90 Å². The fourth-order valence-electron chi connectivity index (χ4n) is 2.71. The number of anilines is 1. The Morgan fingerprint density at radius 2 is 2.11 bits per heavy atom. The van der Waals surface area contributed by atoms with Gasteiger partial charge in [0.05, 0.1) is 10.7 Å². The van der Waals surface area contributed by atoms with Gasteiger partial charge in [-0.2, -0.15) is 0 Å². The van der Waals surface area contributed by atoms with Gasteiger partial charge in [-0.1, -0.05) is 18.2 Å². The largest absolute Gasteiger partial charge is 0.304 e. The second-order valence-electron chi connectivity index (χ2n) is 5.00. The van der Waals surface area contributed by atoms with Gasteiger partial charge in [-0.25, -0.2) is 4.98 Å². The van der Waals surface area contributed by atoms with E-state index >= 15 is 0 Å². The maximum atomic E-state index is 12.8. The van der Waals surface area contributed by atoms with Gasteiger partial charge in [0.1, 0.15) is 4.88 Å². The molecule has 0 spiro atoms. The molecule has 1 atom stereocenters. The molecule has 0 fully saturated rings. The lowest BCUT2D eigenvalue weighted by Crippen LogP contribution is -2.35. The molecule has 3 rings (SSSR count). The van der Waals surface area contributed by atoms with Crippen LogP contribution in [0.15, 0.2) is 24.3 Å². The molecule has 0 saturated carbocycles. The quantitative estimate of drug-likeness (QED) is 0.797. The lowest BCUT2D eigenvalue weighted by molar-refractivity contribution is 0.0984. The van der Waals surface area contributed by atoms with Crippen LogP contribution in [0.25, 0.3) is 0 Å². The molecule has 1 aliphatic rings. The van der Waals surface area contributed by atoms with Gasteiger partial charge in [0.15, 0.2) is 0 Å². The first-order valence-corrected chi connectivity index (χ1v) is 7.25. The third kappa shape index (κ3) is 1.96. The monoisotopic (exact) mass is 272 g/mol. The van der Waals surface area contributed by atoms with Crippen LogP contribution in [-0.2, 0) is 6.42 Å². The molecule has 4 heteroatoms. The van der Waals surface area contributed by atoms with E-state index in [1.165, 1.54) is 16.9 Å². The molecular weight excluding hydrogens is 256 g/mol. The molecule has 0 saturated heterocycles. The van der Waals surface area contributed by atoms with Crippen molar-refractivity contribution in [1.82, 2.24) is 4.98 Å². The van der Waals surface area contributed by atoms with Crippen LogP contribution >= 0.6 is 11.3 Å². The third-order valence-corrected chi connectivity index (χ3v) is 4.58. The molecular formula is C15H16N2OS. The van der Waals surface area contributed by atoms with E-state index in [1.54, 1.807) is 0 Å². The second kappa shape index (κ2) is 4.46. The Hall–Kier alpha value is -1.68. The number of carbonyl (C=O) groups is 1. The van der Waals surface area contributed by atoms with Gasteiger partial charge in [0.2, 0.25) is 0 Å². The number of aryl methyl sites for hydroxylation is 2. The molecule has 1 aromatic carbocycles. The molecule has 98 valence electrons. The molecule has 0 bridgehead atoms. The summed E-state index contributed by atoms with van der Waals surface area (Å²) in [5, 5.41) is 0.945. The Morgan fingerprint density at radius 3 is 2.79 bits per heavy atom. The topological polar surface area (TPSA) is 33.2 Å². The molecule has 19 heavy (non-hydrogen) atoms. The highest BCUT2D eigenvalue weighted by molar-refractivity contribution is 7.13. The molecule has 1 aromatic heterocycles. The fourth-order valence-corrected chi connectivity index (χ4v) is 3.57. The summed E-state index contributed by atoms with van der Waals surface area (Å²) < 4.78 is 0. The van der Waals surface area contributed by atoms with Crippen LogP contribution in [0.5, 0.6) is 0 Å². The first kappa shape index (κ1) is 12.4. The van der Waals surface area contributed by atoms with E-state index in [4.69, 9.17) is 0 Å². The summed E-state index contributed by atoms with van der Waals surface area (Å²) in [6.07, 6.45) is 0.929. The third-order valence-electron chi connectivity index (χ3n) is 3.52. The zero-order valence-electron chi connectivity index (χ0n) is 11.3. The zero-order chi connectivity index (χ0) is 13.6. The molecule has 0 aliphatic carbocycles. The van der Waals surface area contributed by atoms with Crippen molar-refractivity contribution in [3.63, 3.8) is 0 Å². The Morgan fingerprint density at radius 1 is 1.37 bits per heavy atom. The van der Waals surface area contributed by atoms with Crippen molar-refractivity contribution in [2.45, 2.75) is 33.2 Å². The standard InChI is InChI=1S/C15H16N2OS/c1-9-8-12-6-4-5-7-13(12)17(9)15(18)14-10(2)16-11(3)19-14/h4-7,9H,8H2,1-3H3/t9-/m0/s1. The SMILES string of the molecule is Cc1nc(C)c(C(=O)N2c3ccccc3C[C@@H]2C)s1. The van der Waals surface area contributed by atoms with Gasteiger partial charge in [0, 0.05) is 11.7 Å². The number of hydrogen-bond acceptors (Lipinski definition) is 3. The van der Waals surface area contributed by atoms with E-state index in [0.717, 1.165) is 27.7 Å². The van der Waals surface area contributed by atoms with E-state index in [-0.39, 0.29) is 11.9 Å². The number of nitrogens with zero attached hydrogens (tertiary/aromatic N) is 2. The van der Waals surface area contributed by atoms with E-state index < -0.39 is 0 Å². The van der Waals surface area contributed by atoms with E-state index in [2.05, 4.69) is 18.0 Å². The summed E-state index contributed by atoms with van der Waals surface area (Å²) in [5.74, 6) is 0.0838. The highest BCUT2D eigenvalue weighted by atomic mass is 32.1. The average molecular weight is 272 g/mol. The van der Waals surface area contributed by atoms with E-state index in [1.807, 2.05) is 36.9 Å². The highest BCUT2D eigenvalue weighted by Gasteiger charge is 2.32. The van der Waals surface area contributed by atoms with Crippen molar-refractivity contribution in [3.05, 3.63) is 45.4 Å². The lowest BCUT2D eigenvalue weighted by atomic mass is 10.1. The summed E-state index contributed by atoms with van der Waals surface area (Å²) in [7, 11) is 0. The molecule has 3 nitrogen and oxygen atoms in total. The molecule has 0 N–H and O–H groups in total. The highest BCUT2D eigenvalue weighted by Crippen LogP contribution is 2.34. The number of thiazole rings is 1. The van der Waals surface area contributed by atoms with E-state index in [9.17, 15) is 4.79 Å². The van der Waals surface area contributed by atoms with Crippen molar-refractivity contribution in [2.24, 2.45) is 0 Å². The van der Waals surface area contributed by atoms with Gasteiger partial charge in [0.25, 0.3) is 5.91 Å². The number of carbonyl (C=O) groups excluding carboxylic acids is 1. The predicted molar refractivity (Wildman–Crippen MR) is 78.0 cm³/mol. The van der Waals surface area contributed by atoms with Crippen LogP contribution in [0, 0.1) is 13.8 Å². The van der Waals surface area contributed by atoms with Crippen LogP contribution in [0.3, 0.4) is 0 Å². The van der Waals surface area contributed by atoms with Crippen LogP contribution in [-0.4, -0.2) is 16.9 Å². The Balaban J connectivity index is 2.03. The van der Waals surface area contributed by atoms with Gasteiger partial charge in [-0.05, 0) is 38.8 Å². The minimum atomic E-state index is 0.0838. The van der Waals surface area contributed by atoms with Gasteiger partial charge in [-0.15, -0.1) is 11.3 Å². The van der Waals surface area contributed by atoms with Crippen molar-refractivity contribution in [1.29, 1.82) is 0 Å². The van der Waals surface area contributed by atoms with Crippen LogP contribution in [0.1, 0.15) is 32.9 Å². The number of para-hydroxylation sites is 1. The zero-order valence-corrected chi connectivity index (χ0v) is 12.1. The summed E-state index contributed by atoms with van der Waals surface area (Å²) in [6.45, 7) is 5.94. The Bertz CT molecular complexity index is 647. The van der Waals surface area contributed by atoms with Crippen molar-refractivity contribution >= 4 is 22.9 Å². The minimum absolute atomic E-state index is 0.0838. The smallest absolute Gasteiger partial charge is 0.270 e. The molecule has 0 radical (unpaired) electrons. The van der Waals surface area contributed by atoms with Gasteiger partial charge >= 0.3 is 0 Å². The summed E-state index contributed by atoms with van der Waals surface area (Å²) in [5.41, 5.74) is 3.14. The summed E-state index contributed by atoms with van der Waals surface area (Å²) in [6, 6.07) is 8.36. The summed E-state index contributed by atoms with van der Waals surface area (Å²) >= 11 is 1.48. The Kier molecular flexibility index (Phi) is 2.90. The van der Waals surface area contributed by atoms with Gasteiger partial charge in [-0.3, -0.25) is 4.79 Å². The number of rotatable bonds is 1. The maximum Gasteiger partial charge on any atom is 0.270 e. The van der Waals surface area contributed by atoms with Crippen molar-refractivity contribution in [2.75, 3.05) is 4.90 Å². The molecule has 1 aliphatic heterocycles. The molecule has 0 unspecified atom stereocenters. The minimum Gasteiger partial charge on any atom is -0.304 e. The maximum absolute atomic E-state index is 12.8. The predicted octanol–water partition coefficient (Wildman–Crippen LogP) is 3.35. The lowest BCUT2D eigenvalue weighted by Gasteiger charge is -2.22. The van der Waals surface area contributed by atoms with Crippen LogP contribution in [0.4, 0.5) is 5.69 Å². The van der Waals surface area contributed by atoms with Gasteiger partial charge < -0.3 is 4.90 Å². The summed E-state index contributed by atoms with van der Waals surface area (Å²) in [4.78, 5) is 19.8. The normalized spacial score (nSPS) is 17.6. The first-order valence-electron chi connectivity index (χ1n) is 6.43. The van der Waals surface area contributed by atoms with Crippen LogP contribution in [0.2, 0.25) is 0 Å². The first-order chi connectivity index (χ1) is 9.08. The van der Waals surface area contributed by atoms with Crippen molar-refractivity contribution < 1.29 is 4.79 Å². The number of hydrogen-bond donors (Lipinski definition) is 0. The number of fused-ring (bicyclic) bond motifs is 1. The number of amides is 1. The Labute approximate surface area is 116 Å². The average Bonchev–Trinajstić information content (AvgIpc) is 2.87. The number of benzene rings is 1.